The zero-order valence-corrected chi connectivity index (χ0v) is 23.1. The van der Waals surface area contributed by atoms with Crippen molar-refractivity contribution in [3.8, 4) is 11.5 Å². The Bertz CT molecular complexity index is 1450. The van der Waals surface area contributed by atoms with E-state index in [1.807, 2.05) is 56.3 Å². The van der Waals surface area contributed by atoms with Crippen LogP contribution in [0, 0.1) is 13.8 Å². The van der Waals surface area contributed by atoms with Crippen LogP contribution in [0.2, 0.25) is 0 Å². The predicted octanol–water partition coefficient (Wildman–Crippen LogP) is 5.50. The van der Waals surface area contributed by atoms with Gasteiger partial charge in [0.25, 0.3) is 5.91 Å². The molecule has 5 rings (SSSR count). The zero-order valence-electron chi connectivity index (χ0n) is 22.3. The van der Waals surface area contributed by atoms with E-state index in [2.05, 4.69) is 34.6 Å². The highest BCUT2D eigenvalue weighted by molar-refractivity contribution is 8.15. The SMILES string of the molecule is COc1ccc(OC)c(C2=NN(C3=NC(=O)[C@H](CC(=O)Nc4ccc(C)cc4)S3)[C@H](c3ccc(C)cc3)C2)c1. The maximum atomic E-state index is 12.9. The van der Waals surface area contributed by atoms with E-state index in [1.165, 1.54) is 11.8 Å². The third-order valence-corrected chi connectivity index (χ3v) is 7.86. The van der Waals surface area contributed by atoms with Gasteiger partial charge in [-0.15, -0.1) is 0 Å². The average Bonchev–Trinajstić information content (AvgIpc) is 3.54. The van der Waals surface area contributed by atoms with Gasteiger partial charge in [0.05, 0.1) is 26.0 Å². The zero-order chi connectivity index (χ0) is 27.5. The Hall–Kier alpha value is -4.11. The van der Waals surface area contributed by atoms with Crippen molar-refractivity contribution in [3.05, 3.63) is 89.0 Å². The summed E-state index contributed by atoms with van der Waals surface area (Å²) in [6.45, 7) is 4.03. The van der Waals surface area contributed by atoms with Gasteiger partial charge in [0.1, 0.15) is 16.7 Å². The van der Waals surface area contributed by atoms with Gasteiger partial charge in [-0.25, -0.2) is 5.01 Å². The van der Waals surface area contributed by atoms with E-state index in [1.54, 1.807) is 19.2 Å². The summed E-state index contributed by atoms with van der Waals surface area (Å²) in [5, 5.41) is 9.48. The Labute approximate surface area is 232 Å². The highest BCUT2D eigenvalue weighted by Gasteiger charge is 2.39. The number of nitrogens with one attached hydrogen (secondary N) is 1. The maximum Gasteiger partial charge on any atom is 0.262 e. The lowest BCUT2D eigenvalue weighted by atomic mass is 9.97. The number of amides is 2. The lowest BCUT2D eigenvalue weighted by Crippen LogP contribution is -2.25. The summed E-state index contributed by atoms with van der Waals surface area (Å²) in [7, 11) is 3.24. The molecule has 3 aromatic carbocycles. The van der Waals surface area contributed by atoms with Crippen LogP contribution >= 0.6 is 11.8 Å². The van der Waals surface area contributed by atoms with Crippen molar-refractivity contribution in [1.82, 2.24) is 5.01 Å². The molecule has 9 heteroatoms. The summed E-state index contributed by atoms with van der Waals surface area (Å²) in [6, 6.07) is 21.2. The minimum absolute atomic E-state index is 0.0215. The number of aliphatic imine (C=N–C) groups is 1. The van der Waals surface area contributed by atoms with Gasteiger partial charge in [0.2, 0.25) is 5.91 Å². The molecule has 0 saturated carbocycles. The number of thioether (sulfide) groups is 1. The summed E-state index contributed by atoms with van der Waals surface area (Å²) >= 11 is 1.28. The van der Waals surface area contributed by atoms with E-state index in [-0.39, 0.29) is 24.3 Å². The fourth-order valence-electron chi connectivity index (χ4n) is 4.56. The van der Waals surface area contributed by atoms with Gasteiger partial charge < -0.3 is 14.8 Å². The standard InChI is InChI=1S/C30H30N4O4S/c1-18-5-9-20(10-6-18)25-16-24(23-15-22(37-3)13-14-26(23)38-4)33-34(25)30-32-29(36)27(39-30)17-28(35)31-21-11-7-19(2)8-12-21/h5-15,25,27H,16-17H2,1-4H3,(H,31,35)/t25-,27-/m0/s1. The Morgan fingerprint density at radius 3 is 2.36 bits per heavy atom. The molecule has 0 saturated heterocycles. The van der Waals surface area contributed by atoms with Crippen molar-refractivity contribution in [2.45, 2.75) is 38.0 Å². The van der Waals surface area contributed by atoms with Gasteiger partial charge in [-0.1, -0.05) is 59.3 Å². The molecule has 2 heterocycles. The minimum atomic E-state index is -0.616. The van der Waals surface area contributed by atoms with E-state index < -0.39 is 5.25 Å². The van der Waals surface area contributed by atoms with E-state index in [9.17, 15) is 9.59 Å². The molecule has 0 fully saturated rings. The lowest BCUT2D eigenvalue weighted by molar-refractivity contribution is -0.121. The number of nitrogens with zero attached hydrogens (tertiary/aromatic N) is 3. The van der Waals surface area contributed by atoms with Crippen LogP contribution in [-0.2, 0) is 9.59 Å². The van der Waals surface area contributed by atoms with Crippen LogP contribution in [0.15, 0.2) is 76.8 Å². The first-order valence-electron chi connectivity index (χ1n) is 12.7. The number of hydrogen-bond donors (Lipinski definition) is 1. The molecule has 0 aliphatic carbocycles. The highest BCUT2D eigenvalue weighted by atomic mass is 32.2. The molecule has 1 N–H and O–H groups in total. The van der Waals surface area contributed by atoms with E-state index in [0.717, 1.165) is 28.0 Å². The van der Waals surface area contributed by atoms with E-state index >= 15 is 0 Å². The number of rotatable bonds is 7. The van der Waals surface area contributed by atoms with Crippen molar-refractivity contribution in [2.24, 2.45) is 10.1 Å². The smallest absolute Gasteiger partial charge is 0.262 e. The van der Waals surface area contributed by atoms with Crippen LogP contribution in [-0.4, -0.2) is 47.2 Å². The quantitative estimate of drug-likeness (QED) is 0.424. The molecule has 39 heavy (non-hydrogen) atoms. The second-order valence-corrected chi connectivity index (χ2v) is 10.7. The first-order valence-corrected chi connectivity index (χ1v) is 13.5. The Kier molecular flexibility index (Phi) is 7.70. The van der Waals surface area contributed by atoms with Gasteiger partial charge >= 0.3 is 0 Å². The number of amidine groups is 1. The molecule has 3 aromatic rings. The first-order chi connectivity index (χ1) is 18.8. The molecule has 0 bridgehead atoms. The largest absolute Gasteiger partial charge is 0.497 e. The number of benzene rings is 3. The third-order valence-electron chi connectivity index (χ3n) is 6.72. The number of carbonyl (C=O) groups is 2. The van der Waals surface area contributed by atoms with Crippen molar-refractivity contribution < 1.29 is 19.1 Å². The number of hydrazone groups is 1. The van der Waals surface area contributed by atoms with Crippen molar-refractivity contribution in [1.29, 1.82) is 0 Å². The molecule has 2 aliphatic rings. The molecular weight excluding hydrogens is 512 g/mol. The van der Waals surface area contributed by atoms with Crippen LogP contribution in [0.5, 0.6) is 11.5 Å². The highest BCUT2D eigenvalue weighted by Crippen LogP contribution is 2.40. The van der Waals surface area contributed by atoms with Gasteiger partial charge in [-0.05, 0) is 49.7 Å². The van der Waals surface area contributed by atoms with Crippen molar-refractivity contribution in [3.63, 3.8) is 0 Å². The summed E-state index contributed by atoms with van der Waals surface area (Å²) in [6.07, 6.45) is 0.604. The maximum absolute atomic E-state index is 12.9. The molecule has 2 amide bonds. The summed E-state index contributed by atoms with van der Waals surface area (Å²) in [5.41, 5.74) is 5.63. The number of anilines is 1. The predicted molar refractivity (Wildman–Crippen MR) is 155 cm³/mol. The van der Waals surface area contributed by atoms with Crippen LogP contribution < -0.4 is 14.8 Å². The Morgan fingerprint density at radius 2 is 1.69 bits per heavy atom. The number of ether oxygens (including phenoxy) is 2. The summed E-state index contributed by atoms with van der Waals surface area (Å²) in [5.74, 6) is 0.810. The topological polar surface area (TPSA) is 92.6 Å². The van der Waals surface area contributed by atoms with Crippen molar-refractivity contribution >= 4 is 40.1 Å². The van der Waals surface area contributed by atoms with Crippen LogP contribution in [0.4, 0.5) is 5.69 Å². The van der Waals surface area contributed by atoms with Gasteiger partial charge in [-0.2, -0.15) is 10.1 Å². The second kappa shape index (κ2) is 11.3. The van der Waals surface area contributed by atoms with Gasteiger partial charge in [-0.3, -0.25) is 9.59 Å². The second-order valence-electron chi connectivity index (χ2n) is 9.55. The average molecular weight is 543 g/mol. The van der Waals surface area contributed by atoms with Crippen LogP contribution in [0.1, 0.15) is 41.1 Å². The monoisotopic (exact) mass is 542 g/mol. The molecule has 2 aliphatic heterocycles. The van der Waals surface area contributed by atoms with Crippen molar-refractivity contribution in [2.75, 3.05) is 19.5 Å². The fraction of sp³-hybridized carbons (Fsp3) is 0.267. The third kappa shape index (κ3) is 5.83. The first kappa shape index (κ1) is 26.5. The van der Waals surface area contributed by atoms with Crippen LogP contribution in [0.3, 0.4) is 0 Å². The number of aryl methyl sites for hydroxylation is 2. The molecule has 200 valence electrons. The van der Waals surface area contributed by atoms with E-state index in [4.69, 9.17) is 14.6 Å². The molecule has 0 aromatic heterocycles. The van der Waals surface area contributed by atoms with Gasteiger partial charge in [0, 0.05) is 24.1 Å². The fourth-order valence-corrected chi connectivity index (χ4v) is 5.62. The summed E-state index contributed by atoms with van der Waals surface area (Å²) in [4.78, 5) is 30.0. The normalized spacial score (nSPS) is 18.6. The molecule has 0 unspecified atom stereocenters. The number of hydrogen-bond acceptors (Lipinski definition) is 7. The van der Waals surface area contributed by atoms with E-state index in [0.29, 0.717) is 28.8 Å². The minimum Gasteiger partial charge on any atom is -0.497 e. The van der Waals surface area contributed by atoms with Crippen LogP contribution in [0.25, 0.3) is 0 Å². The molecule has 8 nitrogen and oxygen atoms in total. The lowest BCUT2D eigenvalue weighted by Gasteiger charge is -2.23. The number of carbonyl (C=O) groups excluding carboxylic acids is 2. The molecular formula is C30H30N4O4S. The van der Waals surface area contributed by atoms with Gasteiger partial charge in [0.15, 0.2) is 5.17 Å². The Morgan fingerprint density at radius 1 is 1.00 bits per heavy atom. The summed E-state index contributed by atoms with van der Waals surface area (Å²) < 4.78 is 11.1. The Balaban J connectivity index is 1.40. The molecule has 0 spiro atoms. The molecule has 0 radical (unpaired) electrons. The number of methoxy groups -OCH3 is 2. The molecule has 2 atom stereocenters.